The highest BCUT2D eigenvalue weighted by atomic mass is 16.2. The second kappa shape index (κ2) is 5.57. The van der Waals surface area contributed by atoms with Crippen LogP contribution in [-0.2, 0) is 23.1 Å². The van der Waals surface area contributed by atoms with Crippen LogP contribution in [0.5, 0.6) is 0 Å². The van der Waals surface area contributed by atoms with Crippen LogP contribution in [-0.4, -0.2) is 20.9 Å². The van der Waals surface area contributed by atoms with E-state index in [0.717, 1.165) is 28.8 Å². The van der Waals surface area contributed by atoms with Gasteiger partial charge in [0.15, 0.2) is 0 Å². The fourth-order valence-electron chi connectivity index (χ4n) is 5.54. The molecule has 5 heteroatoms. The van der Waals surface area contributed by atoms with Gasteiger partial charge in [0, 0.05) is 17.7 Å². The van der Waals surface area contributed by atoms with Gasteiger partial charge in [-0.05, 0) is 60.1 Å². The van der Waals surface area contributed by atoms with E-state index in [4.69, 9.17) is 4.98 Å². The Labute approximate surface area is 173 Å². The van der Waals surface area contributed by atoms with Crippen molar-refractivity contribution in [2.24, 2.45) is 0 Å². The molecule has 1 aliphatic heterocycles. The maximum absolute atomic E-state index is 12.9. The third kappa shape index (κ3) is 2.15. The van der Waals surface area contributed by atoms with Gasteiger partial charge in [-0.25, -0.2) is 9.97 Å². The summed E-state index contributed by atoms with van der Waals surface area (Å²) >= 11 is 0. The molecule has 0 saturated heterocycles. The summed E-state index contributed by atoms with van der Waals surface area (Å²) in [4.78, 5) is 25.8. The summed E-state index contributed by atoms with van der Waals surface area (Å²) in [5.74, 6) is 2.90. The van der Waals surface area contributed by atoms with E-state index < -0.39 is 5.41 Å². The van der Waals surface area contributed by atoms with Crippen molar-refractivity contribution in [3.05, 3.63) is 88.9 Å². The van der Waals surface area contributed by atoms with Crippen LogP contribution in [0.2, 0.25) is 0 Å². The molecule has 2 aliphatic carbocycles. The van der Waals surface area contributed by atoms with Gasteiger partial charge in [-0.3, -0.25) is 4.79 Å². The van der Waals surface area contributed by atoms with Gasteiger partial charge in [0.2, 0.25) is 5.91 Å². The molecule has 3 heterocycles. The van der Waals surface area contributed by atoms with Crippen molar-refractivity contribution in [1.29, 1.82) is 0 Å². The molecule has 1 fully saturated rings. The van der Waals surface area contributed by atoms with Crippen molar-refractivity contribution in [3.63, 3.8) is 0 Å². The smallest absolute Gasteiger partial charge is 0.237 e. The highest BCUT2D eigenvalue weighted by Crippen LogP contribution is 2.54. The minimum absolute atomic E-state index is 0.0633. The topological polar surface area (TPSA) is 70.7 Å². The van der Waals surface area contributed by atoms with Gasteiger partial charge in [-0.15, -0.1) is 0 Å². The van der Waals surface area contributed by atoms with Gasteiger partial charge in [0.05, 0.1) is 16.4 Å². The lowest BCUT2D eigenvalue weighted by atomic mass is 9.79. The molecule has 7 rings (SSSR count). The highest BCUT2D eigenvalue weighted by molar-refractivity contribution is 6.06. The predicted octanol–water partition coefficient (Wildman–Crippen LogP) is 4.22. The minimum Gasteiger partial charge on any atom is -0.342 e. The largest absolute Gasteiger partial charge is 0.342 e. The maximum atomic E-state index is 12.9. The molecule has 30 heavy (non-hydrogen) atoms. The first-order chi connectivity index (χ1) is 14.7. The standard InChI is InChI=1S/C25H20N4O/c30-24-25(19-7-4-8-26-23(19)29-24)12-15-9-20-21(10-16(15)13-25)28-22(27-20)18-11-17(18)14-5-2-1-3-6-14/h1-10,17-18H,11-13H2,(H,27,28)(H,26,29,30). The van der Waals surface area contributed by atoms with Gasteiger partial charge in [-0.1, -0.05) is 36.4 Å². The molecular formula is C25H20N4O. The molecule has 2 aromatic heterocycles. The molecule has 3 aliphatic rings. The van der Waals surface area contributed by atoms with E-state index in [0.29, 0.717) is 30.5 Å². The number of aromatic nitrogens is 3. The number of amides is 1. The van der Waals surface area contributed by atoms with Gasteiger partial charge < -0.3 is 10.3 Å². The molecule has 2 aromatic carbocycles. The third-order valence-electron chi connectivity index (χ3n) is 7.17. The van der Waals surface area contributed by atoms with Crippen molar-refractivity contribution < 1.29 is 4.79 Å². The highest BCUT2D eigenvalue weighted by Gasteiger charge is 2.51. The Kier molecular flexibility index (Phi) is 3.03. The normalized spacial score (nSPS) is 22.9. The Morgan fingerprint density at radius 1 is 0.967 bits per heavy atom. The van der Waals surface area contributed by atoms with Crippen LogP contribution < -0.4 is 5.32 Å². The van der Waals surface area contributed by atoms with Gasteiger partial charge in [0.1, 0.15) is 11.6 Å². The number of pyridine rings is 1. The average Bonchev–Trinajstić information content (AvgIpc) is 3.22. The van der Waals surface area contributed by atoms with Gasteiger partial charge in [-0.2, -0.15) is 0 Å². The number of imidazole rings is 1. The summed E-state index contributed by atoms with van der Waals surface area (Å²) in [6.45, 7) is 0. The SMILES string of the molecule is O=C1Nc2ncccc2C12Cc1cc3nc(C4CC4c4ccccc4)[nH]c3cc1C2. The van der Waals surface area contributed by atoms with Crippen LogP contribution in [0.15, 0.2) is 60.8 Å². The molecule has 4 aromatic rings. The summed E-state index contributed by atoms with van der Waals surface area (Å²) < 4.78 is 0. The summed E-state index contributed by atoms with van der Waals surface area (Å²) in [6.07, 6.45) is 4.31. The molecule has 3 unspecified atom stereocenters. The van der Waals surface area contributed by atoms with Crippen LogP contribution in [0.25, 0.3) is 11.0 Å². The molecule has 0 bridgehead atoms. The summed E-state index contributed by atoms with van der Waals surface area (Å²) in [5, 5.41) is 2.98. The number of nitrogens with one attached hydrogen (secondary N) is 2. The average molecular weight is 392 g/mol. The van der Waals surface area contributed by atoms with Crippen LogP contribution in [0.1, 0.15) is 46.3 Å². The maximum Gasteiger partial charge on any atom is 0.237 e. The number of carbonyl (C=O) groups is 1. The van der Waals surface area contributed by atoms with Crippen LogP contribution in [0.4, 0.5) is 5.82 Å². The number of hydrogen-bond acceptors (Lipinski definition) is 3. The number of benzene rings is 2. The summed E-state index contributed by atoms with van der Waals surface area (Å²) in [6, 6.07) is 19.0. The van der Waals surface area contributed by atoms with Crippen molar-refractivity contribution in [3.8, 4) is 0 Å². The number of carbonyl (C=O) groups excluding carboxylic acids is 1. The Balaban J connectivity index is 1.23. The molecule has 5 nitrogen and oxygen atoms in total. The van der Waals surface area contributed by atoms with Gasteiger partial charge in [0.25, 0.3) is 0 Å². The molecular weight excluding hydrogens is 372 g/mol. The third-order valence-corrected chi connectivity index (χ3v) is 7.17. The first-order valence-corrected chi connectivity index (χ1v) is 10.5. The van der Waals surface area contributed by atoms with Crippen molar-refractivity contribution >= 4 is 22.8 Å². The number of aromatic amines is 1. The Bertz CT molecular complexity index is 1300. The van der Waals surface area contributed by atoms with Crippen LogP contribution >= 0.6 is 0 Å². The number of fused-ring (bicyclic) bond motifs is 4. The van der Waals surface area contributed by atoms with Gasteiger partial charge >= 0.3 is 0 Å². The number of hydrogen-bond donors (Lipinski definition) is 2. The molecule has 1 amide bonds. The Morgan fingerprint density at radius 2 is 1.80 bits per heavy atom. The van der Waals surface area contributed by atoms with E-state index in [1.807, 2.05) is 12.1 Å². The van der Waals surface area contributed by atoms with E-state index in [-0.39, 0.29) is 5.91 Å². The summed E-state index contributed by atoms with van der Waals surface area (Å²) in [7, 11) is 0. The molecule has 1 spiro atoms. The van der Waals surface area contributed by atoms with Crippen molar-refractivity contribution in [1.82, 2.24) is 15.0 Å². The zero-order valence-corrected chi connectivity index (χ0v) is 16.4. The number of anilines is 1. The van der Waals surface area contributed by atoms with E-state index in [1.54, 1.807) is 6.20 Å². The van der Waals surface area contributed by atoms with E-state index >= 15 is 0 Å². The van der Waals surface area contributed by atoms with E-state index in [1.165, 1.54) is 16.7 Å². The molecule has 3 atom stereocenters. The molecule has 146 valence electrons. The lowest BCUT2D eigenvalue weighted by Gasteiger charge is -2.20. The fourth-order valence-corrected chi connectivity index (χ4v) is 5.54. The quantitative estimate of drug-likeness (QED) is 0.537. The van der Waals surface area contributed by atoms with E-state index in [9.17, 15) is 4.79 Å². The molecule has 0 radical (unpaired) electrons. The van der Waals surface area contributed by atoms with E-state index in [2.05, 4.69) is 57.7 Å². The second-order valence-corrected chi connectivity index (χ2v) is 8.91. The lowest BCUT2D eigenvalue weighted by molar-refractivity contribution is -0.120. The molecule has 2 N–H and O–H groups in total. The number of nitrogens with zero attached hydrogens (tertiary/aromatic N) is 2. The first-order valence-electron chi connectivity index (χ1n) is 10.5. The van der Waals surface area contributed by atoms with Crippen LogP contribution in [0, 0.1) is 0 Å². The Hall–Kier alpha value is -3.47. The van der Waals surface area contributed by atoms with Crippen molar-refractivity contribution in [2.75, 3.05) is 5.32 Å². The van der Waals surface area contributed by atoms with Crippen molar-refractivity contribution in [2.45, 2.75) is 36.5 Å². The minimum atomic E-state index is -0.525. The zero-order valence-electron chi connectivity index (χ0n) is 16.4. The number of rotatable bonds is 2. The van der Waals surface area contributed by atoms with Crippen LogP contribution in [0.3, 0.4) is 0 Å². The Morgan fingerprint density at radius 3 is 2.67 bits per heavy atom. The monoisotopic (exact) mass is 392 g/mol. The molecule has 1 saturated carbocycles. The first kappa shape index (κ1) is 16.3. The fraction of sp³-hybridized carbons (Fsp3) is 0.240. The zero-order chi connectivity index (χ0) is 19.9. The number of H-pyrrole nitrogens is 1. The summed E-state index contributed by atoms with van der Waals surface area (Å²) in [5.41, 5.74) is 6.43. The predicted molar refractivity (Wildman–Crippen MR) is 115 cm³/mol. The second-order valence-electron chi connectivity index (χ2n) is 8.91. The lowest BCUT2D eigenvalue weighted by Crippen LogP contribution is -2.35.